The number of aromatic nitrogens is 5. The van der Waals surface area contributed by atoms with Crippen LogP contribution < -0.4 is 0 Å². The maximum absolute atomic E-state index is 4.50. The quantitative estimate of drug-likeness (QED) is 0.620. The van der Waals surface area contributed by atoms with Gasteiger partial charge in [-0.2, -0.15) is 0 Å². The molecule has 0 fully saturated rings. The Bertz CT molecular complexity index is 710. The van der Waals surface area contributed by atoms with E-state index in [4.69, 9.17) is 0 Å². The molecule has 0 saturated carbocycles. The number of hydrogen-bond donors (Lipinski definition) is 2. The van der Waals surface area contributed by atoms with E-state index in [1.165, 1.54) is 0 Å². The van der Waals surface area contributed by atoms with Crippen LogP contribution in [0.15, 0.2) is 53.2 Å². The summed E-state index contributed by atoms with van der Waals surface area (Å²) in [5, 5.41) is 0. The molecule has 3 aromatic rings. The third-order valence-electron chi connectivity index (χ3n) is 3.37. The summed E-state index contributed by atoms with van der Waals surface area (Å²) >= 11 is 0. The largest absolute Gasteiger partial charge is 0.348 e. The Morgan fingerprint density at radius 1 is 0.833 bits per heavy atom. The molecule has 0 unspecified atom stereocenters. The number of hydrogen-bond acceptors (Lipinski definition) is 5. The molecule has 0 aromatic carbocycles. The van der Waals surface area contributed by atoms with E-state index < -0.39 is 0 Å². The lowest BCUT2D eigenvalue weighted by atomic mass is 10.3. The normalized spacial score (nSPS) is 11.7. The molecule has 0 atom stereocenters. The molecular weight excluding hydrogens is 302 g/mol. The lowest BCUT2D eigenvalue weighted by Gasteiger charge is -1.97. The molecule has 0 aliphatic rings. The molecule has 7 heteroatoms. The number of nitrogens with zero attached hydrogens (tertiary/aromatic N) is 5. The van der Waals surface area contributed by atoms with Crippen LogP contribution in [0.3, 0.4) is 0 Å². The maximum atomic E-state index is 4.50. The Morgan fingerprint density at radius 3 is 1.83 bits per heavy atom. The summed E-state index contributed by atoms with van der Waals surface area (Å²) in [6, 6.07) is 5.82. The van der Waals surface area contributed by atoms with Gasteiger partial charge in [0.25, 0.3) is 0 Å². The zero-order valence-electron chi connectivity index (χ0n) is 13.3. The topological polar surface area (TPSA) is 95.0 Å². The summed E-state index contributed by atoms with van der Waals surface area (Å²) in [5.41, 5.74) is 3.82. The molecule has 7 nitrogen and oxygen atoms in total. The summed E-state index contributed by atoms with van der Waals surface area (Å²) < 4.78 is 0. The highest BCUT2D eigenvalue weighted by molar-refractivity contribution is 5.81. The molecule has 24 heavy (non-hydrogen) atoms. The van der Waals surface area contributed by atoms with Gasteiger partial charge in [-0.1, -0.05) is 6.07 Å². The van der Waals surface area contributed by atoms with Crippen molar-refractivity contribution in [2.75, 3.05) is 13.1 Å². The zero-order valence-corrected chi connectivity index (χ0v) is 13.3. The molecule has 0 radical (unpaired) electrons. The van der Waals surface area contributed by atoms with Crippen LogP contribution in [0.2, 0.25) is 0 Å². The van der Waals surface area contributed by atoms with Crippen molar-refractivity contribution in [2.24, 2.45) is 9.98 Å². The molecule has 122 valence electrons. The van der Waals surface area contributed by atoms with Crippen LogP contribution in [0.5, 0.6) is 0 Å². The molecule has 0 amide bonds. The van der Waals surface area contributed by atoms with Crippen molar-refractivity contribution in [1.82, 2.24) is 24.9 Å². The van der Waals surface area contributed by atoms with Crippen molar-refractivity contribution < 1.29 is 0 Å². The van der Waals surface area contributed by atoms with Crippen molar-refractivity contribution in [3.63, 3.8) is 0 Å². The van der Waals surface area contributed by atoms with E-state index >= 15 is 0 Å². The fourth-order valence-electron chi connectivity index (χ4n) is 2.14. The van der Waals surface area contributed by atoms with Crippen molar-refractivity contribution in [1.29, 1.82) is 0 Å². The van der Waals surface area contributed by atoms with Crippen LogP contribution in [0.4, 0.5) is 0 Å². The van der Waals surface area contributed by atoms with Crippen LogP contribution in [-0.2, 0) is 12.8 Å². The van der Waals surface area contributed by atoms with Gasteiger partial charge in [-0.3, -0.25) is 9.98 Å². The minimum absolute atomic E-state index is 0.701. The van der Waals surface area contributed by atoms with Crippen molar-refractivity contribution in [3.05, 3.63) is 66.0 Å². The minimum atomic E-state index is 0.701. The van der Waals surface area contributed by atoms with Gasteiger partial charge in [0.05, 0.1) is 24.0 Å². The molecule has 3 aromatic heterocycles. The summed E-state index contributed by atoms with van der Waals surface area (Å²) in [6.45, 7) is 1.40. The Hall–Kier alpha value is -3.09. The molecule has 0 bridgehead atoms. The SMILES string of the molecule is C(=NCCc1cnc[nH]1)c1cccc(C=NCCc2cnc[nH]2)n1. The second-order valence-corrected chi connectivity index (χ2v) is 5.21. The van der Waals surface area contributed by atoms with E-state index in [1.54, 1.807) is 25.1 Å². The van der Waals surface area contributed by atoms with Gasteiger partial charge in [-0.05, 0) is 12.1 Å². The van der Waals surface area contributed by atoms with Gasteiger partial charge in [-0.25, -0.2) is 15.0 Å². The third-order valence-corrected chi connectivity index (χ3v) is 3.37. The predicted octanol–water partition coefficient (Wildman–Crippen LogP) is 1.85. The van der Waals surface area contributed by atoms with Gasteiger partial charge >= 0.3 is 0 Å². The second kappa shape index (κ2) is 8.52. The van der Waals surface area contributed by atoms with E-state index in [-0.39, 0.29) is 0 Å². The number of pyridine rings is 1. The van der Waals surface area contributed by atoms with Gasteiger partial charge in [0.1, 0.15) is 0 Å². The van der Waals surface area contributed by atoms with E-state index in [0.717, 1.165) is 35.6 Å². The molecule has 3 rings (SSSR count). The molecule has 0 aliphatic carbocycles. The maximum Gasteiger partial charge on any atom is 0.0921 e. The molecule has 2 N–H and O–H groups in total. The zero-order chi connectivity index (χ0) is 16.5. The molecule has 0 saturated heterocycles. The van der Waals surface area contributed by atoms with Gasteiger partial charge < -0.3 is 9.97 Å². The van der Waals surface area contributed by atoms with Crippen molar-refractivity contribution >= 4 is 12.4 Å². The Labute approximate surface area is 140 Å². The van der Waals surface area contributed by atoms with Crippen LogP contribution in [0, 0.1) is 0 Å². The van der Waals surface area contributed by atoms with E-state index in [1.807, 2.05) is 30.6 Å². The summed E-state index contributed by atoms with van der Waals surface area (Å²) in [4.78, 5) is 27.4. The van der Waals surface area contributed by atoms with E-state index in [0.29, 0.717) is 13.1 Å². The van der Waals surface area contributed by atoms with Crippen molar-refractivity contribution in [2.45, 2.75) is 12.8 Å². The first kappa shape index (κ1) is 15.8. The summed E-state index contributed by atoms with van der Waals surface area (Å²) in [7, 11) is 0. The molecule has 3 heterocycles. The molecule has 0 aliphatic heterocycles. The van der Waals surface area contributed by atoms with Gasteiger partial charge in [0.15, 0.2) is 0 Å². The minimum Gasteiger partial charge on any atom is -0.348 e. The number of nitrogens with one attached hydrogen (secondary N) is 2. The van der Waals surface area contributed by atoms with Crippen LogP contribution in [0.1, 0.15) is 22.8 Å². The number of aromatic amines is 2. The highest BCUT2D eigenvalue weighted by Gasteiger charge is 1.95. The van der Waals surface area contributed by atoms with Gasteiger partial charge in [-0.15, -0.1) is 0 Å². The highest BCUT2D eigenvalue weighted by Crippen LogP contribution is 1.98. The van der Waals surface area contributed by atoms with Gasteiger partial charge in [0.2, 0.25) is 0 Å². The molecule has 0 spiro atoms. The lowest BCUT2D eigenvalue weighted by Crippen LogP contribution is -1.96. The number of imidazole rings is 2. The number of rotatable bonds is 8. The molecular formula is C17H19N7. The number of H-pyrrole nitrogens is 2. The van der Waals surface area contributed by atoms with Crippen LogP contribution >= 0.6 is 0 Å². The fraction of sp³-hybridized carbons (Fsp3) is 0.235. The first-order valence-corrected chi connectivity index (χ1v) is 7.81. The predicted molar refractivity (Wildman–Crippen MR) is 93.7 cm³/mol. The standard InChI is InChI=1S/C17H19N7/c1-2-16(10-18-6-4-14-8-20-12-22-14)24-17(3-1)11-19-7-5-15-9-21-13-23-15/h1-3,8-13H,4-7H2,(H,20,22)(H,21,23). The Balaban J connectivity index is 1.47. The Kier molecular flexibility index (Phi) is 5.61. The van der Waals surface area contributed by atoms with E-state index in [2.05, 4.69) is 34.9 Å². The first-order chi connectivity index (χ1) is 11.9. The van der Waals surface area contributed by atoms with E-state index in [9.17, 15) is 0 Å². The Morgan fingerprint density at radius 2 is 1.38 bits per heavy atom. The first-order valence-electron chi connectivity index (χ1n) is 7.81. The smallest absolute Gasteiger partial charge is 0.0921 e. The number of aliphatic imine (C=N–C) groups is 2. The third kappa shape index (κ3) is 4.98. The van der Waals surface area contributed by atoms with Gasteiger partial charge in [0, 0.05) is 62.1 Å². The fourth-order valence-corrected chi connectivity index (χ4v) is 2.14. The average molecular weight is 321 g/mol. The van der Waals surface area contributed by atoms with Crippen LogP contribution in [0.25, 0.3) is 0 Å². The summed E-state index contributed by atoms with van der Waals surface area (Å²) in [6.07, 6.45) is 12.2. The lowest BCUT2D eigenvalue weighted by molar-refractivity contribution is 0.937. The monoisotopic (exact) mass is 321 g/mol. The van der Waals surface area contributed by atoms with Crippen molar-refractivity contribution in [3.8, 4) is 0 Å². The van der Waals surface area contributed by atoms with Crippen LogP contribution in [-0.4, -0.2) is 50.4 Å². The average Bonchev–Trinajstić information content (AvgIpc) is 3.30. The highest BCUT2D eigenvalue weighted by atomic mass is 14.9. The second-order valence-electron chi connectivity index (χ2n) is 5.21. The summed E-state index contributed by atoms with van der Waals surface area (Å²) in [5.74, 6) is 0.